The van der Waals surface area contributed by atoms with Crippen LogP contribution in [0.1, 0.15) is 24.9 Å². The minimum absolute atomic E-state index is 0.00123. The predicted molar refractivity (Wildman–Crippen MR) is 81.3 cm³/mol. The Balaban J connectivity index is 2.17. The third kappa shape index (κ3) is 3.51. The summed E-state index contributed by atoms with van der Waals surface area (Å²) in [6.45, 7) is 2.06. The molecule has 0 aromatic heterocycles. The molecular weight excluding hydrogens is 257 g/mol. The number of hydrogen-bond acceptors (Lipinski definition) is 2. The lowest BCUT2D eigenvalue weighted by atomic mass is 10.0. The number of thioether (sulfide) groups is 1. The summed E-state index contributed by atoms with van der Waals surface area (Å²) < 4.78 is 13.8. The van der Waals surface area contributed by atoms with Crippen molar-refractivity contribution in [1.82, 2.24) is 0 Å². The van der Waals surface area contributed by atoms with Gasteiger partial charge in [0.2, 0.25) is 0 Å². The van der Waals surface area contributed by atoms with Crippen molar-refractivity contribution in [2.24, 2.45) is 0 Å². The van der Waals surface area contributed by atoms with E-state index in [0.29, 0.717) is 0 Å². The summed E-state index contributed by atoms with van der Waals surface area (Å²) in [5.41, 5.74) is 1.74. The zero-order valence-corrected chi connectivity index (χ0v) is 12.0. The summed E-state index contributed by atoms with van der Waals surface area (Å²) in [6, 6.07) is 15.2. The van der Waals surface area contributed by atoms with Crippen molar-refractivity contribution in [3.8, 4) is 0 Å². The summed E-state index contributed by atoms with van der Waals surface area (Å²) in [5, 5.41) is 3.39. The summed E-state index contributed by atoms with van der Waals surface area (Å²) in [6.07, 6.45) is 2.89. The van der Waals surface area contributed by atoms with Crippen LogP contribution in [0, 0.1) is 5.82 Å². The summed E-state index contributed by atoms with van der Waals surface area (Å²) in [7, 11) is 0. The van der Waals surface area contributed by atoms with Gasteiger partial charge in [-0.05, 0) is 43.0 Å². The standard InChI is InChI=1S/C16H18FNS/c1-3-16(14-6-4-5-7-15(14)17)18-12-8-10-13(19-2)11-9-12/h4-11,16,18H,3H2,1-2H3. The molecule has 100 valence electrons. The van der Waals surface area contributed by atoms with Crippen LogP contribution in [0.15, 0.2) is 53.4 Å². The molecule has 0 heterocycles. The number of nitrogens with one attached hydrogen (secondary N) is 1. The molecule has 2 rings (SSSR count). The Morgan fingerprint density at radius 2 is 1.79 bits per heavy atom. The van der Waals surface area contributed by atoms with Crippen molar-refractivity contribution >= 4 is 17.4 Å². The Labute approximate surface area is 118 Å². The first-order valence-electron chi connectivity index (χ1n) is 6.39. The van der Waals surface area contributed by atoms with Gasteiger partial charge >= 0.3 is 0 Å². The topological polar surface area (TPSA) is 12.0 Å². The number of hydrogen-bond donors (Lipinski definition) is 1. The molecule has 3 heteroatoms. The average Bonchev–Trinajstić information content (AvgIpc) is 2.46. The van der Waals surface area contributed by atoms with Crippen LogP contribution in [0.25, 0.3) is 0 Å². The number of benzene rings is 2. The second-order valence-electron chi connectivity index (χ2n) is 4.36. The first kappa shape index (κ1) is 13.9. The number of rotatable bonds is 5. The Hall–Kier alpha value is -1.48. The van der Waals surface area contributed by atoms with Crippen LogP contribution >= 0.6 is 11.8 Å². The third-order valence-corrected chi connectivity index (χ3v) is 3.86. The van der Waals surface area contributed by atoms with Crippen LogP contribution in [0.3, 0.4) is 0 Å². The Morgan fingerprint density at radius 1 is 1.11 bits per heavy atom. The van der Waals surface area contributed by atoms with Crippen LogP contribution < -0.4 is 5.32 Å². The van der Waals surface area contributed by atoms with Crippen molar-refractivity contribution in [3.63, 3.8) is 0 Å². The second kappa shape index (κ2) is 6.62. The highest BCUT2D eigenvalue weighted by atomic mass is 32.2. The van der Waals surface area contributed by atoms with Gasteiger partial charge in [-0.2, -0.15) is 0 Å². The van der Waals surface area contributed by atoms with Gasteiger partial charge in [0, 0.05) is 16.1 Å². The maximum absolute atomic E-state index is 13.8. The molecule has 0 bridgehead atoms. The molecule has 0 aliphatic heterocycles. The van der Waals surface area contributed by atoms with Gasteiger partial charge in [0.1, 0.15) is 5.82 Å². The number of anilines is 1. The van der Waals surface area contributed by atoms with Gasteiger partial charge in [-0.3, -0.25) is 0 Å². The van der Waals surface area contributed by atoms with Crippen molar-refractivity contribution in [3.05, 3.63) is 59.9 Å². The predicted octanol–water partition coefficient (Wildman–Crippen LogP) is 5.11. The van der Waals surface area contributed by atoms with E-state index >= 15 is 0 Å². The van der Waals surface area contributed by atoms with E-state index in [1.807, 2.05) is 24.3 Å². The molecule has 2 aromatic carbocycles. The highest BCUT2D eigenvalue weighted by Crippen LogP contribution is 2.25. The summed E-state index contributed by atoms with van der Waals surface area (Å²) in [4.78, 5) is 1.23. The van der Waals surface area contributed by atoms with E-state index in [1.54, 1.807) is 17.8 Å². The van der Waals surface area contributed by atoms with Gasteiger partial charge in [-0.1, -0.05) is 25.1 Å². The number of halogens is 1. The minimum Gasteiger partial charge on any atom is -0.378 e. The van der Waals surface area contributed by atoms with Crippen molar-refractivity contribution in [2.45, 2.75) is 24.3 Å². The minimum atomic E-state index is -0.150. The molecule has 0 fully saturated rings. The Bertz CT molecular complexity index is 525. The molecule has 1 N–H and O–H groups in total. The molecule has 0 saturated carbocycles. The lowest BCUT2D eigenvalue weighted by Gasteiger charge is -2.19. The van der Waals surface area contributed by atoms with Crippen LogP contribution in [-0.4, -0.2) is 6.26 Å². The quantitative estimate of drug-likeness (QED) is 0.761. The lowest BCUT2D eigenvalue weighted by Crippen LogP contribution is -2.11. The smallest absolute Gasteiger partial charge is 0.128 e. The van der Waals surface area contributed by atoms with E-state index in [1.165, 1.54) is 11.0 Å². The van der Waals surface area contributed by atoms with Gasteiger partial charge in [-0.15, -0.1) is 11.8 Å². The molecule has 1 atom stereocenters. The molecule has 0 amide bonds. The molecule has 0 aliphatic rings. The van der Waals surface area contributed by atoms with Gasteiger partial charge in [0.15, 0.2) is 0 Å². The van der Waals surface area contributed by atoms with Crippen molar-refractivity contribution in [1.29, 1.82) is 0 Å². The first-order valence-corrected chi connectivity index (χ1v) is 7.62. The van der Waals surface area contributed by atoms with Crippen LogP contribution in [0.5, 0.6) is 0 Å². The molecule has 1 nitrogen and oxygen atoms in total. The fraction of sp³-hybridized carbons (Fsp3) is 0.250. The van der Waals surface area contributed by atoms with Crippen LogP contribution in [0.2, 0.25) is 0 Å². The van der Waals surface area contributed by atoms with E-state index in [-0.39, 0.29) is 11.9 Å². The highest BCUT2D eigenvalue weighted by molar-refractivity contribution is 7.98. The average molecular weight is 275 g/mol. The highest BCUT2D eigenvalue weighted by Gasteiger charge is 2.13. The SMILES string of the molecule is CCC(Nc1ccc(SC)cc1)c1ccccc1F. The molecular formula is C16H18FNS. The van der Waals surface area contributed by atoms with Gasteiger partial charge in [0.25, 0.3) is 0 Å². The Morgan fingerprint density at radius 3 is 2.37 bits per heavy atom. The van der Waals surface area contributed by atoms with E-state index in [4.69, 9.17) is 0 Å². The van der Waals surface area contributed by atoms with Crippen LogP contribution in [-0.2, 0) is 0 Å². The van der Waals surface area contributed by atoms with Gasteiger partial charge in [-0.25, -0.2) is 4.39 Å². The molecule has 2 aromatic rings. The summed E-state index contributed by atoms with van der Waals surface area (Å²) >= 11 is 1.71. The second-order valence-corrected chi connectivity index (χ2v) is 5.23. The monoisotopic (exact) mass is 275 g/mol. The Kier molecular flexibility index (Phi) is 4.86. The first-order chi connectivity index (χ1) is 9.24. The summed E-state index contributed by atoms with van der Waals surface area (Å²) in [5.74, 6) is -0.150. The molecule has 0 radical (unpaired) electrons. The van der Waals surface area contributed by atoms with E-state index in [9.17, 15) is 4.39 Å². The van der Waals surface area contributed by atoms with Gasteiger partial charge in [0.05, 0.1) is 6.04 Å². The zero-order chi connectivity index (χ0) is 13.7. The molecule has 0 spiro atoms. The van der Waals surface area contributed by atoms with E-state index in [0.717, 1.165) is 17.7 Å². The lowest BCUT2D eigenvalue weighted by molar-refractivity contribution is 0.587. The fourth-order valence-corrected chi connectivity index (χ4v) is 2.45. The van der Waals surface area contributed by atoms with E-state index in [2.05, 4.69) is 30.6 Å². The molecule has 0 aliphatic carbocycles. The van der Waals surface area contributed by atoms with Crippen molar-refractivity contribution in [2.75, 3.05) is 11.6 Å². The van der Waals surface area contributed by atoms with Crippen molar-refractivity contribution < 1.29 is 4.39 Å². The zero-order valence-electron chi connectivity index (χ0n) is 11.2. The molecule has 0 saturated heterocycles. The maximum atomic E-state index is 13.8. The largest absolute Gasteiger partial charge is 0.378 e. The fourth-order valence-electron chi connectivity index (χ4n) is 2.05. The molecule has 19 heavy (non-hydrogen) atoms. The van der Waals surface area contributed by atoms with Gasteiger partial charge < -0.3 is 5.32 Å². The van der Waals surface area contributed by atoms with Crippen LogP contribution in [0.4, 0.5) is 10.1 Å². The third-order valence-electron chi connectivity index (χ3n) is 3.12. The normalized spacial score (nSPS) is 12.2. The molecule has 1 unspecified atom stereocenters. The van der Waals surface area contributed by atoms with E-state index < -0.39 is 0 Å². The maximum Gasteiger partial charge on any atom is 0.128 e.